The maximum Gasteiger partial charge on any atom is 0.265 e. The second-order valence-corrected chi connectivity index (χ2v) is 17.7. The van der Waals surface area contributed by atoms with Crippen molar-refractivity contribution in [1.82, 2.24) is 9.62 Å². The number of amides is 1. The van der Waals surface area contributed by atoms with Gasteiger partial charge in [-0.3, -0.25) is 4.79 Å². The van der Waals surface area contributed by atoms with E-state index in [1.165, 1.54) is 6.07 Å². The molecule has 11 heteroatoms. The highest BCUT2D eigenvalue weighted by Gasteiger charge is 2.47. The van der Waals surface area contributed by atoms with Gasteiger partial charge in [0.1, 0.15) is 18.0 Å². The second-order valence-electron chi connectivity index (χ2n) is 15.6. The van der Waals surface area contributed by atoms with E-state index in [4.69, 9.17) is 21.1 Å². The van der Waals surface area contributed by atoms with Crippen molar-refractivity contribution >= 4 is 33.2 Å². The molecule has 9 nitrogen and oxygen atoms in total. The number of nitrogens with one attached hydrogen (secondary N) is 1. The third kappa shape index (κ3) is 8.36. The lowest BCUT2D eigenvalue weighted by Crippen LogP contribution is -2.51. The van der Waals surface area contributed by atoms with Crippen LogP contribution < -0.4 is 14.4 Å². The van der Waals surface area contributed by atoms with Crippen LogP contribution in [0.15, 0.2) is 53.4 Å². The highest BCUT2D eigenvalue weighted by atomic mass is 35.5. The number of rotatable bonds is 3. The van der Waals surface area contributed by atoms with E-state index in [2.05, 4.69) is 28.4 Å². The Morgan fingerprint density at radius 2 is 1.80 bits per heavy atom. The minimum atomic E-state index is -4.22. The standard InChI is InChI=1S/C39H54ClN3O6S/c1-27(2)42-19-15-28(16-20-42)24-39(45)17-7-21-49-38(3,4)37(44)41-50(46,47)33-12-14-36-35(23-33)43(25-30-10-13-34(30)39)18-6-5-8-29-22-32(40)11-9-31(29)26-48-36/h7,9,11-12,14,17,22-23,27-28,30,34,45H,5-6,8,10,13,15-16,18-21,24-26H2,1-4H3,(H,41,44)/b17-7+/t30-,34+,39?/m0/s1. The molecular weight excluding hydrogens is 674 g/mol. The van der Waals surface area contributed by atoms with Gasteiger partial charge in [-0.25, -0.2) is 13.1 Å². The van der Waals surface area contributed by atoms with Crippen molar-refractivity contribution in [3.8, 4) is 5.75 Å². The zero-order chi connectivity index (χ0) is 35.7. The van der Waals surface area contributed by atoms with Crippen molar-refractivity contribution in [3.05, 3.63) is 64.7 Å². The summed E-state index contributed by atoms with van der Waals surface area (Å²) in [5.74, 6) is 0.450. The van der Waals surface area contributed by atoms with Crippen LogP contribution in [0.3, 0.4) is 0 Å². The number of aliphatic hydroxyl groups is 1. The molecule has 3 atom stereocenters. The summed E-state index contributed by atoms with van der Waals surface area (Å²) in [4.78, 5) is 18.1. The SMILES string of the molecule is CC(C)N1CCC(CC2(O)/C=C/COC(C)(C)C(=O)NS(=O)(=O)c3ccc4c(c3)N(CCCCc3cc(Cl)ccc3CO4)C[C@@H]3CC[C@H]32)CC1. The van der Waals surface area contributed by atoms with Gasteiger partial charge >= 0.3 is 0 Å². The normalized spacial score (nSPS) is 28.6. The molecule has 2 aromatic carbocycles. The highest BCUT2D eigenvalue weighted by Crippen LogP contribution is 2.48. The fourth-order valence-electron chi connectivity index (χ4n) is 8.17. The number of benzene rings is 2. The molecular formula is C39H54ClN3O6S. The molecule has 2 fully saturated rings. The lowest BCUT2D eigenvalue weighted by atomic mass is 9.61. The van der Waals surface area contributed by atoms with Gasteiger partial charge in [0.2, 0.25) is 0 Å². The van der Waals surface area contributed by atoms with Gasteiger partial charge in [-0.1, -0.05) is 29.8 Å². The van der Waals surface area contributed by atoms with E-state index < -0.39 is 27.1 Å². The number of likely N-dealkylation sites (tertiary alicyclic amines) is 1. The van der Waals surface area contributed by atoms with E-state index in [1.54, 1.807) is 26.0 Å². The van der Waals surface area contributed by atoms with Crippen molar-refractivity contribution in [1.29, 1.82) is 0 Å². The maximum absolute atomic E-state index is 13.7. The summed E-state index contributed by atoms with van der Waals surface area (Å²) >= 11 is 6.37. The molecule has 3 heterocycles. The van der Waals surface area contributed by atoms with Gasteiger partial charge in [-0.05, 0) is 151 Å². The zero-order valence-corrected chi connectivity index (χ0v) is 31.6. The fraction of sp³-hybridized carbons (Fsp3) is 0.615. The van der Waals surface area contributed by atoms with Crippen LogP contribution in [0.25, 0.3) is 0 Å². The quantitative estimate of drug-likeness (QED) is 0.345. The number of sulfonamides is 1. The average molecular weight is 728 g/mol. The Hall–Kier alpha value is -2.63. The van der Waals surface area contributed by atoms with E-state index >= 15 is 0 Å². The predicted octanol–water partition coefficient (Wildman–Crippen LogP) is 6.50. The van der Waals surface area contributed by atoms with E-state index in [1.807, 2.05) is 30.4 Å². The van der Waals surface area contributed by atoms with Crippen molar-refractivity contribution < 1.29 is 27.8 Å². The number of fused-ring (bicyclic) bond motifs is 3. The molecule has 0 aromatic heterocycles. The summed E-state index contributed by atoms with van der Waals surface area (Å²) in [6.07, 6.45) is 11.1. The van der Waals surface area contributed by atoms with E-state index in [0.29, 0.717) is 54.5 Å². The van der Waals surface area contributed by atoms with Crippen LogP contribution in [0.4, 0.5) is 5.69 Å². The third-order valence-corrected chi connectivity index (χ3v) is 13.1. The number of carbonyl (C=O) groups excluding carboxylic acids is 1. The molecule has 1 unspecified atom stereocenters. The number of hydrogen-bond donors (Lipinski definition) is 2. The van der Waals surface area contributed by atoms with Gasteiger partial charge in [0.15, 0.2) is 0 Å². The van der Waals surface area contributed by atoms with Crippen molar-refractivity contribution in [2.75, 3.05) is 37.7 Å². The third-order valence-electron chi connectivity index (χ3n) is 11.5. The van der Waals surface area contributed by atoms with Gasteiger partial charge in [0.25, 0.3) is 15.9 Å². The molecule has 274 valence electrons. The summed E-state index contributed by atoms with van der Waals surface area (Å²) in [6, 6.07) is 11.2. The Morgan fingerprint density at radius 3 is 2.52 bits per heavy atom. The molecule has 1 saturated heterocycles. The number of carbonyl (C=O) groups is 1. The first-order valence-corrected chi connectivity index (χ1v) is 20.2. The van der Waals surface area contributed by atoms with Gasteiger partial charge < -0.3 is 24.4 Å². The molecule has 1 aliphatic carbocycles. The summed E-state index contributed by atoms with van der Waals surface area (Å²) in [5, 5.41) is 13.3. The number of nitrogens with zero attached hydrogens (tertiary/aromatic N) is 2. The lowest BCUT2D eigenvalue weighted by Gasteiger charge is -2.50. The van der Waals surface area contributed by atoms with Crippen LogP contribution in [0.2, 0.25) is 5.02 Å². The molecule has 1 amide bonds. The van der Waals surface area contributed by atoms with E-state index in [-0.39, 0.29) is 23.3 Å². The predicted molar refractivity (Wildman–Crippen MR) is 197 cm³/mol. The summed E-state index contributed by atoms with van der Waals surface area (Å²) in [5.41, 5.74) is 0.412. The number of halogens is 1. The number of anilines is 1. The number of ether oxygens (including phenoxy) is 2. The number of aryl methyl sites for hydroxylation is 1. The maximum atomic E-state index is 13.7. The lowest BCUT2D eigenvalue weighted by molar-refractivity contribution is -0.139. The van der Waals surface area contributed by atoms with Gasteiger partial charge in [-0.2, -0.15) is 0 Å². The van der Waals surface area contributed by atoms with Crippen LogP contribution in [0.1, 0.15) is 83.8 Å². The second kappa shape index (κ2) is 15.2. The first kappa shape index (κ1) is 37.1. The monoisotopic (exact) mass is 727 g/mol. The Morgan fingerprint density at radius 1 is 1.02 bits per heavy atom. The highest BCUT2D eigenvalue weighted by molar-refractivity contribution is 7.90. The number of hydrogen-bond acceptors (Lipinski definition) is 8. The molecule has 2 N–H and O–H groups in total. The summed E-state index contributed by atoms with van der Waals surface area (Å²) in [7, 11) is -4.22. The minimum Gasteiger partial charge on any atom is -0.487 e. The van der Waals surface area contributed by atoms with Gasteiger partial charge in [0.05, 0.1) is 22.8 Å². The molecule has 6 rings (SSSR count). The summed E-state index contributed by atoms with van der Waals surface area (Å²) < 4.78 is 42.0. The molecule has 2 bridgehead atoms. The largest absolute Gasteiger partial charge is 0.487 e. The molecule has 50 heavy (non-hydrogen) atoms. The summed E-state index contributed by atoms with van der Waals surface area (Å²) in [6.45, 7) is 11.4. The molecule has 2 aromatic rings. The van der Waals surface area contributed by atoms with Crippen LogP contribution in [0.5, 0.6) is 5.75 Å². The Bertz CT molecular complexity index is 1670. The molecule has 4 aliphatic rings. The first-order chi connectivity index (χ1) is 23.7. The topological polar surface area (TPSA) is 108 Å². The van der Waals surface area contributed by atoms with Crippen molar-refractivity contribution in [2.24, 2.45) is 17.8 Å². The van der Waals surface area contributed by atoms with Gasteiger partial charge in [-0.15, -0.1) is 0 Å². The van der Waals surface area contributed by atoms with Crippen LogP contribution in [-0.4, -0.2) is 74.4 Å². The van der Waals surface area contributed by atoms with Crippen LogP contribution >= 0.6 is 11.6 Å². The minimum absolute atomic E-state index is 0.0163. The van der Waals surface area contributed by atoms with Gasteiger partial charge in [0, 0.05) is 24.2 Å². The van der Waals surface area contributed by atoms with Crippen LogP contribution in [0, 0.1) is 17.8 Å². The van der Waals surface area contributed by atoms with Crippen molar-refractivity contribution in [3.63, 3.8) is 0 Å². The fourth-order valence-corrected chi connectivity index (χ4v) is 9.49. The molecule has 1 saturated carbocycles. The van der Waals surface area contributed by atoms with E-state index in [0.717, 1.165) is 69.2 Å². The molecule has 0 spiro atoms. The molecule has 3 aliphatic heterocycles. The first-order valence-electron chi connectivity index (χ1n) is 18.4. The Labute approximate surface area is 303 Å². The molecule has 0 radical (unpaired) electrons. The number of piperidine rings is 1. The Balaban J connectivity index is 1.36. The van der Waals surface area contributed by atoms with Crippen LogP contribution in [-0.2, 0) is 32.6 Å². The Kier molecular flexibility index (Phi) is 11.3. The smallest absolute Gasteiger partial charge is 0.265 e. The van der Waals surface area contributed by atoms with Crippen molar-refractivity contribution in [2.45, 2.75) is 108 Å². The zero-order valence-electron chi connectivity index (χ0n) is 30.0. The van der Waals surface area contributed by atoms with E-state index in [9.17, 15) is 18.3 Å². The average Bonchev–Trinajstić information content (AvgIpc) is 3.08.